The lowest BCUT2D eigenvalue weighted by molar-refractivity contribution is 0.216. The van der Waals surface area contributed by atoms with Crippen LogP contribution in [-0.4, -0.2) is 21.9 Å². The molecule has 2 aromatic rings. The molecule has 0 amide bonds. The molecule has 14 heavy (non-hydrogen) atoms. The number of H-pyrrole nitrogens is 1. The third kappa shape index (κ3) is 1.30. The van der Waals surface area contributed by atoms with Crippen LogP contribution in [0.1, 0.15) is 19.5 Å². The number of fused-ring (bicyclic) bond motifs is 1. The Morgan fingerprint density at radius 3 is 2.79 bits per heavy atom. The highest BCUT2D eigenvalue weighted by molar-refractivity contribution is 5.82. The third-order valence-electron chi connectivity index (χ3n) is 2.53. The van der Waals surface area contributed by atoms with E-state index in [1.54, 1.807) is 0 Å². The van der Waals surface area contributed by atoms with Gasteiger partial charge < -0.3 is 5.11 Å². The molecule has 0 fully saturated rings. The molecule has 0 spiro atoms. The Labute approximate surface area is 82.8 Å². The Bertz CT molecular complexity index is 445. The monoisotopic (exact) mass is 190 g/mol. The van der Waals surface area contributed by atoms with Crippen LogP contribution in [0.15, 0.2) is 24.3 Å². The summed E-state index contributed by atoms with van der Waals surface area (Å²) in [5, 5.41) is 17.6. The van der Waals surface area contributed by atoms with E-state index in [0.29, 0.717) is 0 Å². The molecule has 0 aliphatic carbocycles. The average molecular weight is 190 g/mol. The molecule has 1 aromatic carbocycles. The summed E-state index contributed by atoms with van der Waals surface area (Å²) in [4.78, 5) is 0. The summed E-state index contributed by atoms with van der Waals surface area (Å²) in [5.74, 6) is 0. The SMILES string of the molecule is CC(C)(CO)c1[nH]nc2ccccc12. The minimum absolute atomic E-state index is 0.110. The predicted molar refractivity (Wildman–Crippen MR) is 56.2 cm³/mol. The van der Waals surface area contributed by atoms with Crippen LogP contribution in [0.5, 0.6) is 0 Å². The summed E-state index contributed by atoms with van der Waals surface area (Å²) >= 11 is 0. The van der Waals surface area contributed by atoms with E-state index in [-0.39, 0.29) is 12.0 Å². The van der Waals surface area contributed by atoms with Crippen molar-refractivity contribution in [3.63, 3.8) is 0 Å². The van der Waals surface area contributed by atoms with Crippen molar-refractivity contribution < 1.29 is 5.11 Å². The summed E-state index contributed by atoms with van der Waals surface area (Å²) in [7, 11) is 0. The molecule has 0 saturated heterocycles. The molecule has 0 aliphatic rings. The summed E-state index contributed by atoms with van der Waals surface area (Å²) in [6.45, 7) is 4.10. The van der Waals surface area contributed by atoms with Crippen LogP contribution < -0.4 is 0 Å². The van der Waals surface area contributed by atoms with Gasteiger partial charge in [0.15, 0.2) is 0 Å². The summed E-state index contributed by atoms with van der Waals surface area (Å²) in [5.41, 5.74) is 1.68. The van der Waals surface area contributed by atoms with Crippen LogP contribution >= 0.6 is 0 Å². The average Bonchev–Trinajstić information content (AvgIpc) is 2.61. The molecule has 2 rings (SSSR count). The molecule has 0 radical (unpaired) electrons. The first kappa shape index (κ1) is 9.21. The van der Waals surface area contributed by atoms with Gasteiger partial charge in [0.1, 0.15) is 0 Å². The number of benzene rings is 1. The molecule has 0 unspecified atom stereocenters. The zero-order chi connectivity index (χ0) is 10.2. The lowest BCUT2D eigenvalue weighted by Crippen LogP contribution is -2.22. The molecule has 1 heterocycles. The highest BCUT2D eigenvalue weighted by Gasteiger charge is 2.23. The molecule has 3 nitrogen and oxygen atoms in total. The first-order valence-electron chi connectivity index (χ1n) is 4.69. The van der Waals surface area contributed by atoms with Crippen LogP contribution in [-0.2, 0) is 5.41 Å². The Balaban J connectivity index is 2.64. The standard InChI is InChI=1S/C11H14N2O/c1-11(2,7-14)10-8-5-3-4-6-9(8)12-13-10/h3-6,14H,7H2,1-2H3,(H,12,13). The van der Waals surface area contributed by atoms with Gasteiger partial charge in [-0.25, -0.2) is 0 Å². The van der Waals surface area contributed by atoms with Gasteiger partial charge in [-0.2, -0.15) is 5.10 Å². The Hall–Kier alpha value is -1.35. The van der Waals surface area contributed by atoms with Crippen molar-refractivity contribution in [1.29, 1.82) is 0 Å². The lowest BCUT2D eigenvalue weighted by Gasteiger charge is -2.19. The van der Waals surface area contributed by atoms with Gasteiger partial charge in [0.05, 0.1) is 17.8 Å². The summed E-state index contributed by atoms with van der Waals surface area (Å²) < 4.78 is 0. The zero-order valence-corrected chi connectivity index (χ0v) is 8.41. The van der Waals surface area contributed by atoms with Crippen LogP contribution in [0.4, 0.5) is 0 Å². The minimum Gasteiger partial charge on any atom is -0.395 e. The number of hydrogen-bond acceptors (Lipinski definition) is 2. The maximum atomic E-state index is 9.28. The number of aromatic nitrogens is 2. The van der Waals surface area contributed by atoms with E-state index in [4.69, 9.17) is 0 Å². The Morgan fingerprint density at radius 2 is 2.07 bits per heavy atom. The smallest absolute Gasteiger partial charge is 0.0923 e. The largest absolute Gasteiger partial charge is 0.395 e. The van der Waals surface area contributed by atoms with Crippen LogP contribution in [0.25, 0.3) is 10.9 Å². The van der Waals surface area contributed by atoms with E-state index in [2.05, 4.69) is 10.2 Å². The van der Waals surface area contributed by atoms with Crippen molar-refractivity contribution >= 4 is 10.9 Å². The minimum atomic E-state index is -0.268. The number of hydrogen-bond donors (Lipinski definition) is 2. The normalized spacial score (nSPS) is 12.2. The molecule has 74 valence electrons. The summed E-state index contributed by atoms with van der Waals surface area (Å²) in [6.07, 6.45) is 0. The van der Waals surface area contributed by atoms with Gasteiger partial charge in [0.25, 0.3) is 0 Å². The number of nitrogens with zero attached hydrogens (tertiary/aromatic N) is 1. The molecule has 3 heteroatoms. The van der Waals surface area contributed by atoms with Gasteiger partial charge in [-0.3, -0.25) is 5.10 Å². The van der Waals surface area contributed by atoms with Crippen molar-refractivity contribution in [2.24, 2.45) is 0 Å². The van der Waals surface area contributed by atoms with Crippen molar-refractivity contribution in [3.05, 3.63) is 30.0 Å². The van der Waals surface area contributed by atoms with Crippen LogP contribution in [0.3, 0.4) is 0 Å². The van der Waals surface area contributed by atoms with E-state index in [0.717, 1.165) is 16.6 Å². The van der Waals surface area contributed by atoms with Crippen molar-refractivity contribution in [2.45, 2.75) is 19.3 Å². The quantitative estimate of drug-likeness (QED) is 0.759. The van der Waals surface area contributed by atoms with Gasteiger partial charge in [0.2, 0.25) is 0 Å². The topological polar surface area (TPSA) is 48.9 Å². The Morgan fingerprint density at radius 1 is 1.36 bits per heavy atom. The van der Waals surface area contributed by atoms with Crippen LogP contribution in [0, 0.1) is 0 Å². The zero-order valence-electron chi connectivity index (χ0n) is 8.41. The van der Waals surface area contributed by atoms with Gasteiger partial charge in [0, 0.05) is 10.8 Å². The predicted octanol–water partition coefficient (Wildman–Crippen LogP) is 1.83. The van der Waals surface area contributed by atoms with Gasteiger partial charge >= 0.3 is 0 Å². The maximum absolute atomic E-state index is 9.28. The fraction of sp³-hybridized carbons (Fsp3) is 0.364. The van der Waals surface area contributed by atoms with Crippen LogP contribution in [0.2, 0.25) is 0 Å². The third-order valence-corrected chi connectivity index (χ3v) is 2.53. The highest BCUT2D eigenvalue weighted by Crippen LogP contribution is 2.27. The Kier molecular flexibility index (Phi) is 2.04. The highest BCUT2D eigenvalue weighted by atomic mass is 16.3. The number of nitrogens with one attached hydrogen (secondary N) is 1. The second kappa shape index (κ2) is 3.10. The first-order valence-corrected chi connectivity index (χ1v) is 4.69. The van der Waals surface area contributed by atoms with Gasteiger partial charge in [-0.15, -0.1) is 0 Å². The second-order valence-corrected chi connectivity index (χ2v) is 4.16. The van der Waals surface area contributed by atoms with Gasteiger partial charge in [-0.1, -0.05) is 32.0 Å². The maximum Gasteiger partial charge on any atom is 0.0923 e. The van der Waals surface area contributed by atoms with Crippen molar-refractivity contribution in [3.8, 4) is 0 Å². The number of aliphatic hydroxyl groups excluding tert-OH is 1. The van der Waals surface area contributed by atoms with Gasteiger partial charge in [-0.05, 0) is 6.07 Å². The molecular weight excluding hydrogens is 176 g/mol. The molecule has 0 atom stereocenters. The molecule has 2 N–H and O–H groups in total. The summed E-state index contributed by atoms with van der Waals surface area (Å²) in [6, 6.07) is 7.92. The van der Waals surface area contributed by atoms with Crippen molar-refractivity contribution in [1.82, 2.24) is 10.2 Å². The fourth-order valence-corrected chi connectivity index (χ4v) is 1.55. The molecule has 0 bridgehead atoms. The number of rotatable bonds is 2. The van der Waals surface area contributed by atoms with Crippen molar-refractivity contribution in [2.75, 3.05) is 6.61 Å². The first-order chi connectivity index (χ1) is 6.65. The van der Waals surface area contributed by atoms with E-state index in [9.17, 15) is 5.11 Å². The van der Waals surface area contributed by atoms with E-state index < -0.39 is 0 Å². The molecule has 0 saturated carbocycles. The second-order valence-electron chi connectivity index (χ2n) is 4.16. The molecule has 1 aromatic heterocycles. The molecule has 0 aliphatic heterocycles. The number of aliphatic hydroxyl groups is 1. The molecular formula is C11H14N2O. The number of para-hydroxylation sites is 1. The fourth-order valence-electron chi connectivity index (χ4n) is 1.55. The van der Waals surface area contributed by atoms with E-state index in [1.807, 2.05) is 38.1 Å². The van der Waals surface area contributed by atoms with E-state index in [1.165, 1.54) is 0 Å². The number of aromatic amines is 1. The van der Waals surface area contributed by atoms with E-state index >= 15 is 0 Å². The lowest BCUT2D eigenvalue weighted by atomic mass is 9.88.